The third-order valence-corrected chi connectivity index (χ3v) is 3.69. The van der Waals surface area contributed by atoms with Crippen LogP contribution in [-0.2, 0) is 22.0 Å². The van der Waals surface area contributed by atoms with E-state index >= 15 is 0 Å². The average molecular weight is 286 g/mol. The second-order valence-corrected chi connectivity index (χ2v) is 6.20. The van der Waals surface area contributed by atoms with Crippen molar-refractivity contribution in [2.75, 3.05) is 0 Å². The number of aromatic nitrogens is 3. The summed E-state index contributed by atoms with van der Waals surface area (Å²) in [5.41, 5.74) is 1.04. The molecule has 0 fully saturated rings. The average Bonchev–Trinajstić information content (AvgIpc) is 2.73. The first kappa shape index (κ1) is 13.0. The number of halogens is 1. The van der Waals surface area contributed by atoms with Crippen molar-refractivity contribution < 1.29 is 8.42 Å². The molecule has 0 saturated heterocycles. The van der Waals surface area contributed by atoms with E-state index in [1.807, 2.05) is 37.3 Å². The van der Waals surface area contributed by atoms with Gasteiger partial charge in [0.25, 0.3) is 14.2 Å². The summed E-state index contributed by atoms with van der Waals surface area (Å²) >= 11 is 0. The molecule has 5 nitrogen and oxygen atoms in total. The zero-order valence-electron chi connectivity index (χ0n) is 9.75. The molecule has 0 atom stereocenters. The second-order valence-electron chi connectivity index (χ2n) is 3.74. The number of hydrogen-bond donors (Lipinski definition) is 0. The maximum atomic E-state index is 11.3. The molecule has 0 spiro atoms. The van der Waals surface area contributed by atoms with Crippen LogP contribution in [0.2, 0.25) is 0 Å². The monoisotopic (exact) mass is 285 g/mol. The summed E-state index contributed by atoms with van der Waals surface area (Å²) in [7, 11) is 1.45. The molecule has 1 aromatic heterocycles. The molecule has 96 valence electrons. The van der Waals surface area contributed by atoms with E-state index in [2.05, 4.69) is 10.2 Å². The van der Waals surface area contributed by atoms with Crippen molar-refractivity contribution in [3.05, 3.63) is 41.7 Å². The normalized spacial score (nSPS) is 11.7. The highest BCUT2D eigenvalue weighted by molar-refractivity contribution is 8.13. The molecule has 0 aliphatic rings. The van der Waals surface area contributed by atoms with Crippen molar-refractivity contribution in [1.82, 2.24) is 14.8 Å². The van der Waals surface area contributed by atoms with Gasteiger partial charge in [-0.25, -0.2) is 8.42 Å². The maximum absolute atomic E-state index is 11.3. The van der Waals surface area contributed by atoms with Gasteiger partial charge in [-0.3, -0.25) is 0 Å². The van der Waals surface area contributed by atoms with Gasteiger partial charge in [0.05, 0.1) is 0 Å². The van der Waals surface area contributed by atoms with Gasteiger partial charge in [-0.2, -0.15) is 0 Å². The van der Waals surface area contributed by atoms with Gasteiger partial charge in [0.2, 0.25) is 0 Å². The molecule has 0 unspecified atom stereocenters. The Morgan fingerprint density at radius 1 is 1.22 bits per heavy atom. The fraction of sp³-hybridized carbons (Fsp3) is 0.273. The minimum Gasteiger partial charge on any atom is -0.301 e. The Labute approximate surface area is 110 Å². The minimum atomic E-state index is -3.86. The number of hydrogen-bond acceptors (Lipinski definition) is 4. The Morgan fingerprint density at radius 2 is 1.89 bits per heavy atom. The van der Waals surface area contributed by atoms with Gasteiger partial charge in [-0.15, -0.1) is 10.2 Å². The lowest BCUT2D eigenvalue weighted by atomic mass is 10.1. The number of nitrogens with zero attached hydrogens (tertiary/aromatic N) is 3. The van der Waals surface area contributed by atoms with Crippen LogP contribution in [0.1, 0.15) is 18.3 Å². The summed E-state index contributed by atoms with van der Waals surface area (Å²) in [6.45, 7) is 2.28. The van der Waals surface area contributed by atoms with Gasteiger partial charge in [0.15, 0.2) is 0 Å². The van der Waals surface area contributed by atoms with E-state index in [-0.39, 0.29) is 5.16 Å². The van der Waals surface area contributed by atoms with Crippen molar-refractivity contribution in [2.24, 2.45) is 0 Å². The Morgan fingerprint density at radius 3 is 2.44 bits per heavy atom. The fourth-order valence-electron chi connectivity index (χ4n) is 1.73. The van der Waals surface area contributed by atoms with Crippen LogP contribution in [-0.4, -0.2) is 23.2 Å². The van der Waals surface area contributed by atoms with E-state index in [1.54, 1.807) is 0 Å². The molecule has 2 aromatic rings. The molecule has 0 saturated carbocycles. The molecule has 18 heavy (non-hydrogen) atoms. The third kappa shape index (κ3) is 2.70. The first-order valence-corrected chi connectivity index (χ1v) is 7.74. The smallest absolute Gasteiger partial charge is 0.296 e. The lowest BCUT2D eigenvalue weighted by molar-refractivity contribution is 0.576. The molecule has 1 heterocycles. The first-order valence-electron chi connectivity index (χ1n) is 5.43. The molecule has 0 amide bonds. The Kier molecular flexibility index (Phi) is 3.68. The van der Waals surface area contributed by atoms with Gasteiger partial charge < -0.3 is 4.57 Å². The molecule has 0 radical (unpaired) electrons. The van der Waals surface area contributed by atoms with E-state index in [1.165, 1.54) is 4.57 Å². The van der Waals surface area contributed by atoms with Gasteiger partial charge >= 0.3 is 0 Å². The summed E-state index contributed by atoms with van der Waals surface area (Å²) in [5.74, 6) is 0.586. The van der Waals surface area contributed by atoms with Crippen LogP contribution in [0, 0.1) is 0 Å². The zero-order valence-corrected chi connectivity index (χ0v) is 11.3. The first-order chi connectivity index (χ1) is 8.52. The van der Waals surface area contributed by atoms with Crippen molar-refractivity contribution >= 4 is 19.7 Å². The van der Waals surface area contributed by atoms with Crippen molar-refractivity contribution in [3.8, 4) is 0 Å². The summed E-state index contributed by atoms with van der Waals surface area (Å²) in [6.07, 6.45) is 0.522. The highest BCUT2D eigenvalue weighted by atomic mass is 35.7. The van der Waals surface area contributed by atoms with Crippen LogP contribution in [0.4, 0.5) is 0 Å². The molecular formula is C11H12ClN3O2S. The van der Waals surface area contributed by atoms with Crippen LogP contribution >= 0.6 is 10.7 Å². The molecule has 0 aliphatic heterocycles. The summed E-state index contributed by atoms with van der Waals surface area (Å²) in [6, 6.07) is 9.65. The molecule has 0 aliphatic carbocycles. The third-order valence-electron chi connectivity index (χ3n) is 2.53. The van der Waals surface area contributed by atoms with Gasteiger partial charge in [-0.05, 0) is 12.5 Å². The standard InChI is InChI=1S/C11H12ClN3O2S/c1-2-15-10(8-9-6-4-3-5-7-9)13-14-11(15)18(12,16)17/h3-7H,2,8H2,1H3. The van der Waals surface area contributed by atoms with Gasteiger partial charge in [0.1, 0.15) is 5.82 Å². The van der Waals surface area contributed by atoms with Crippen molar-refractivity contribution in [3.63, 3.8) is 0 Å². The number of benzene rings is 1. The summed E-state index contributed by atoms with van der Waals surface area (Å²) in [5, 5.41) is 7.35. The van der Waals surface area contributed by atoms with Crippen LogP contribution in [0.5, 0.6) is 0 Å². The van der Waals surface area contributed by atoms with Crippen molar-refractivity contribution in [1.29, 1.82) is 0 Å². The van der Waals surface area contributed by atoms with Crippen LogP contribution in [0.25, 0.3) is 0 Å². The van der Waals surface area contributed by atoms with Crippen LogP contribution < -0.4 is 0 Å². The second kappa shape index (κ2) is 5.07. The van der Waals surface area contributed by atoms with E-state index < -0.39 is 9.05 Å². The predicted octanol–water partition coefficient (Wildman–Crippen LogP) is 1.82. The highest BCUT2D eigenvalue weighted by Gasteiger charge is 2.21. The van der Waals surface area contributed by atoms with E-state index in [9.17, 15) is 8.42 Å². The fourth-order valence-corrected chi connectivity index (χ4v) is 2.70. The summed E-state index contributed by atoms with van der Waals surface area (Å²) < 4.78 is 24.2. The maximum Gasteiger partial charge on any atom is 0.296 e. The quantitative estimate of drug-likeness (QED) is 0.804. The molecule has 1 aromatic carbocycles. The topological polar surface area (TPSA) is 64.8 Å². The molecule has 0 bridgehead atoms. The van der Waals surface area contributed by atoms with Crippen LogP contribution in [0.15, 0.2) is 35.5 Å². The van der Waals surface area contributed by atoms with Gasteiger partial charge in [0, 0.05) is 23.6 Å². The Bertz CT molecular complexity index is 638. The zero-order chi connectivity index (χ0) is 13.2. The van der Waals surface area contributed by atoms with Crippen LogP contribution in [0.3, 0.4) is 0 Å². The SMILES string of the molecule is CCn1c(Cc2ccccc2)nnc1S(=O)(=O)Cl. The minimum absolute atomic E-state index is 0.197. The van der Waals surface area contributed by atoms with E-state index in [0.29, 0.717) is 18.8 Å². The van der Waals surface area contributed by atoms with E-state index in [4.69, 9.17) is 10.7 Å². The largest absolute Gasteiger partial charge is 0.301 e. The summed E-state index contributed by atoms with van der Waals surface area (Å²) in [4.78, 5) is 0. The Balaban J connectivity index is 2.39. The predicted molar refractivity (Wildman–Crippen MR) is 68.0 cm³/mol. The lowest BCUT2D eigenvalue weighted by Crippen LogP contribution is -2.08. The molecular weight excluding hydrogens is 274 g/mol. The highest BCUT2D eigenvalue weighted by Crippen LogP contribution is 2.16. The Hall–Kier alpha value is -1.40. The van der Waals surface area contributed by atoms with Gasteiger partial charge in [-0.1, -0.05) is 30.3 Å². The molecule has 0 N–H and O–H groups in total. The van der Waals surface area contributed by atoms with Crippen molar-refractivity contribution in [2.45, 2.75) is 25.0 Å². The lowest BCUT2D eigenvalue weighted by Gasteiger charge is -2.05. The number of rotatable bonds is 4. The van der Waals surface area contributed by atoms with E-state index in [0.717, 1.165) is 5.56 Å². The molecule has 7 heteroatoms. The molecule has 2 rings (SSSR count).